The van der Waals surface area contributed by atoms with Crippen molar-refractivity contribution in [1.82, 2.24) is 9.97 Å². The molecule has 0 unspecified atom stereocenters. The van der Waals surface area contributed by atoms with E-state index in [1.807, 2.05) is 36.4 Å². The number of ketones is 1. The number of anilines is 3. The lowest BCUT2D eigenvalue weighted by atomic mass is 10.1. The zero-order chi connectivity index (χ0) is 16.9. The van der Waals surface area contributed by atoms with E-state index in [0.717, 1.165) is 35.4 Å². The summed E-state index contributed by atoms with van der Waals surface area (Å²) in [5.41, 5.74) is 2.41. The number of hydrogen-bond acceptors (Lipinski definition) is 5. The molecular weight excluding hydrogens is 300 g/mol. The van der Waals surface area contributed by atoms with Gasteiger partial charge in [-0.1, -0.05) is 19.1 Å². The second kappa shape index (κ2) is 7.08. The van der Waals surface area contributed by atoms with Crippen LogP contribution in [0.3, 0.4) is 0 Å². The Bertz CT molecular complexity index is 859. The smallest absolute Gasteiger partial charge is 0.229 e. The predicted octanol–water partition coefficient (Wildman–Crippen LogP) is 4.40. The highest BCUT2D eigenvalue weighted by Crippen LogP contribution is 2.23. The van der Waals surface area contributed by atoms with Crippen LogP contribution in [-0.4, -0.2) is 22.3 Å². The van der Waals surface area contributed by atoms with Gasteiger partial charge in [0.1, 0.15) is 5.82 Å². The molecule has 0 spiro atoms. The quantitative estimate of drug-likeness (QED) is 0.659. The first-order chi connectivity index (χ1) is 11.7. The van der Waals surface area contributed by atoms with Crippen LogP contribution in [0.1, 0.15) is 30.6 Å². The van der Waals surface area contributed by atoms with Gasteiger partial charge in [-0.25, -0.2) is 4.98 Å². The first-order valence-electron chi connectivity index (χ1n) is 8.06. The molecule has 0 aliphatic carbocycles. The summed E-state index contributed by atoms with van der Waals surface area (Å²) in [4.78, 5) is 20.5. The number of benzene rings is 2. The molecule has 0 atom stereocenters. The van der Waals surface area contributed by atoms with E-state index in [0.29, 0.717) is 11.5 Å². The molecule has 0 bridgehead atoms. The molecule has 2 N–H and O–H groups in total. The minimum atomic E-state index is 0.0505. The highest BCUT2D eigenvalue weighted by Gasteiger charge is 2.07. The molecule has 0 amide bonds. The average molecular weight is 320 g/mol. The summed E-state index contributed by atoms with van der Waals surface area (Å²) in [6.07, 6.45) is 1.02. The first kappa shape index (κ1) is 15.9. The van der Waals surface area contributed by atoms with Crippen molar-refractivity contribution in [2.45, 2.75) is 20.3 Å². The number of Topliss-reactive ketones (excluding diaryl/α,β-unsaturated/α-hetero) is 1. The maximum absolute atomic E-state index is 11.4. The lowest BCUT2D eigenvalue weighted by molar-refractivity contribution is 0.101. The zero-order valence-corrected chi connectivity index (χ0v) is 13.8. The Morgan fingerprint density at radius 1 is 1.04 bits per heavy atom. The fourth-order valence-corrected chi connectivity index (χ4v) is 2.43. The third-order valence-electron chi connectivity index (χ3n) is 3.69. The molecule has 3 rings (SSSR count). The summed E-state index contributed by atoms with van der Waals surface area (Å²) in [6, 6.07) is 15.2. The molecule has 1 heterocycles. The first-order valence-corrected chi connectivity index (χ1v) is 8.06. The number of para-hydroxylation sites is 1. The Morgan fingerprint density at radius 2 is 1.79 bits per heavy atom. The fourth-order valence-electron chi connectivity index (χ4n) is 2.43. The number of rotatable bonds is 6. The third kappa shape index (κ3) is 3.51. The van der Waals surface area contributed by atoms with Gasteiger partial charge in [0, 0.05) is 23.2 Å². The Morgan fingerprint density at radius 3 is 2.50 bits per heavy atom. The van der Waals surface area contributed by atoms with Gasteiger partial charge in [0.15, 0.2) is 5.78 Å². The summed E-state index contributed by atoms with van der Waals surface area (Å²) >= 11 is 0. The standard InChI is InChI=1S/C19H20N4O/c1-3-12-20-18-16-6-4-5-7-17(16)22-19(23-18)21-15-10-8-14(9-11-15)13(2)24/h4-11H,3,12H2,1-2H3,(H2,20,21,22,23). The highest BCUT2D eigenvalue weighted by atomic mass is 16.1. The van der Waals surface area contributed by atoms with Gasteiger partial charge in [-0.05, 0) is 49.7 Å². The summed E-state index contributed by atoms with van der Waals surface area (Å²) in [5, 5.41) is 7.56. The zero-order valence-electron chi connectivity index (χ0n) is 13.8. The third-order valence-corrected chi connectivity index (χ3v) is 3.69. The topological polar surface area (TPSA) is 66.9 Å². The number of carbonyl (C=O) groups excluding carboxylic acids is 1. The van der Waals surface area contributed by atoms with Crippen molar-refractivity contribution in [3.63, 3.8) is 0 Å². The van der Waals surface area contributed by atoms with Crippen LogP contribution >= 0.6 is 0 Å². The largest absolute Gasteiger partial charge is 0.369 e. The fraction of sp³-hybridized carbons (Fsp3) is 0.211. The number of carbonyl (C=O) groups is 1. The minimum absolute atomic E-state index is 0.0505. The second-order valence-corrected chi connectivity index (χ2v) is 5.60. The van der Waals surface area contributed by atoms with E-state index in [4.69, 9.17) is 0 Å². The van der Waals surface area contributed by atoms with Crippen LogP contribution in [-0.2, 0) is 0 Å². The molecule has 0 saturated heterocycles. The van der Waals surface area contributed by atoms with E-state index in [-0.39, 0.29) is 5.78 Å². The highest BCUT2D eigenvalue weighted by molar-refractivity contribution is 5.94. The molecule has 2 aromatic carbocycles. The van der Waals surface area contributed by atoms with Crippen molar-refractivity contribution >= 4 is 34.1 Å². The minimum Gasteiger partial charge on any atom is -0.369 e. The van der Waals surface area contributed by atoms with Crippen molar-refractivity contribution in [1.29, 1.82) is 0 Å². The van der Waals surface area contributed by atoms with Crippen molar-refractivity contribution in [3.05, 3.63) is 54.1 Å². The van der Waals surface area contributed by atoms with Gasteiger partial charge in [-0.3, -0.25) is 4.79 Å². The predicted molar refractivity (Wildman–Crippen MR) is 98.0 cm³/mol. The SMILES string of the molecule is CCCNc1nc(Nc2ccc(C(C)=O)cc2)nc2ccccc12. The van der Waals surface area contributed by atoms with Crippen molar-refractivity contribution in [2.24, 2.45) is 0 Å². The van der Waals surface area contributed by atoms with E-state index >= 15 is 0 Å². The van der Waals surface area contributed by atoms with Crippen molar-refractivity contribution in [2.75, 3.05) is 17.2 Å². The van der Waals surface area contributed by atoms with E-state index in [1.165, 1.54) is 0 Å². The van der Waals surface area contributed by atoms with Crippen LogP contribution in [0.4, 0.5) is 17.5 Å². The lowest BCUT2D eigenvalue weighted by Gasteiger charge is -2.11. The molecule has 1 aromatic heterocycles. The van der Waals surface area contributed by atoms with Gasteiger partial charge >= 0.3 is 0 Å². The molecule has 5 nitrogen and oxygen atoms in total. The molecule has 3 aromatic rings. The molecule has 5 heteroatoms. The lowest BCUT2D eigenvalue weighted by Crippen LogP contribution is -2.06. The molecule has 0 aliphatic heterocycles. The van der Waals surface area contributed by atoms with Gasteiger partial charge in [0.25, 0.3) is 0 Å². The molecular formula is C19H20N4O. The summed E-state index contributed by atoms with van der Waals surface area (Å²) in [7, 11) is 0. The molecule has 24 heavy (non-hydrogen) atoms. The Kier molecular flexibility index (Phi) is 4.70. The maximum Gasteiger partial charge on any atom is 0.229 e. The molecule has 0 radical (unpaired) electrons. The van der Waals surface area contributed by atoms with Gasteiger partial charge in [0.05, 0.1) is 5.52 Å². The average Bonchev–Trinajstić information content (AvgIpc) is 2.60. The Labute approximate surface area is 141 Å². The van der Waals surface area contributed by atoms with Crippen LogP contribution in [0.25, 0.3) is 10.9 Å². The van der Waals surface area contributed by atoms with Gasteiger partial charge in [0.2, 0.25) is 5.95 Å². The monoisotopic (exact) mass is 320 g/mol. The van der Waals surface area contributed by atoms with Gasteiger partial charge in [-0.2, -0.15) is 4.98 Å². The van der Waals surface area contributed by atoms with Gasteiger partial charge < -0.3 is 10.6 Å². The van der Waals surface area contributed by atoms with E-state index in [9.17, 15) is 4.79 Å². The van der Waals surface area contributed by atoms with Crippen molar-refractivity contribution < 1.29 is 4.79 Å². The number of aromatic nitrogens is 2. The maximum atomic E-state index is 11.4. The molecule has 0 saturated carbocycles. The van der Waals surface area contributed by atoms with Gasteiger partial charge in [-0.15, -0.1) is 0 Å². The van der Waals surface area contributed by atoms with Crippen LogP contribution in [0.5, 0.6) is 0 Å². The number of fused-ring (bicyclic) bond motifs is 1. The normalized spacial score (nSPS) is 10.6. The van der Waals surface area contributed by atoms with E-state index < -0.39 is 0 Å². The Hall–Kier alpha value is -2.95. The summed E-state index contributed by atoms with van der Waals surface area (Å²) < 4.78 is 0. The number of nitrogens with one attached hydrogen (secondary N) is 2. The second-order valence-electron chi connectivity index (χ2n) is 5.60. The van der Waals surface area contributed by atoms with Crippen LogP contribution in [0.15, 0.2) is 48.5 Å². The summed E-state index contributed by atoms with van der Waals surface area (Å²) in [5.74, 6) is 1.41. The molecule has 0 aliphatic rings. The van der Waals surface area contributed by atoms with Crippen molar-refractivity contribution in [3.8, 4) is 0 Å². The van der Waals surface area contributed by atoms with Crippen LogP contribution < -0.4 is 10.6 Å². The number of nitrogens with zero attached hydrogens (tertiary/aromatic N) is 2. The Balaban J connectivity index is 1.92. The van der Waals surface area contributed by atoms with E-state index in [2.05, 4.69) is 27.5 Å². The molecule has 0 fully saturated rings. The van der Waals surface area contributed by atoms with Crippen LogP contribution in [0, 0.1) is 0 Å². The number of hydrogen-bond donors (Lipinski definition) is 2. The molecule has 122 valence electrons. The summed E-state index contributed by atoms with van der Waals surface area (Å²) in [6.45, 7) is 4.53. The van der Waals surface area contributed by atoms with Crippen LogP contribution in [0.2, 0.25) is 0 Å². The van der Waals surface area contributed by atoms with E-state index in [1.54, 1.807) is 19.1 Å².